The van der Waals surface area contributed by atoms with Crippen LogP contribution in [0, 0.1) is 5.92 Å². The molecule has 3 aromatic carbocycles. The van der Waals surface area contributed by atoms with E-state index < -0.39 is 41.1 Å². The van der Waals surface area contributed by atoms with Gasteiger partial charge in [0.05, 0.1) is 49.0 Å². The Hall–Kier alpha value is -5.55. The first-order valence-corrected chi connectivity index (χ1v) is 23.5. The SMILES string of the molecule is CC(NCc1ccc(Cl)cc1Oc1ccc(-c2cnc(CN(C)C)n2C)cc1)C(=O)N1[C@H](C(=O)N[C@@]2(Cc3ccc(Cl)cc3)CCCN(C(=O)C(CC(=O)O)Cc3cccnc3)C2)COC1(C)C.Cl. The molecule has 4 heterocycles. The number of carboxylic acids is 1. The van der Waals surface area contributed by atoms with Crippen molar-refractivity contribution in [2.75, 3.05) is 33.8 Å². The monoisotopic (exact) mass is 1000 g/mol. The summed E-state index contributed by atoms with van der Waals surface area (Å²) in [5.41, 5.74) is 2.27. The molecule has 3 N–H and O–H groups in total. The number of imidazole rings is 1. The van der Waals surface area contributed by atoms with E-state index in [-0.39, 0.29) is 56.8 Å². The summed E-state index contributed by atoms with van der Waals surface area (Å²) in [5.74, 6) is -0.923. The Kier molecular flexibility index (Phi) is 17.5. The first-order valence-electron chi connectivity index (χ1n) is 22.8. The third-order valence-electron chi connectivity index (χ3n) is 12.7. The lowest BCUT2D eigenvalue weighted by Gasteiger charge is -2.45. The Morgan fingerprint density at radius 1 is 0.971 bits per heavy atom. The van der Waals surface area contributed by atoms with Crippen molar-refractivity contribution in [1.29, 1.82) is 0 Å². The molecule has 2 saturated heterocycles. The van der Waals surface area contributed by atoms with Crippen LogP contribution in [0.25, 0.3) is 11.3 Å². The molecule has 7 rings (SSSR count). The minimum absolute atomic E-state index is 0. The van der Waals surface area contributed by atoms with Crippen LogP contribution in [-0.4, -0.2) is 115 Å². The third-order valence-corrected chi connectivity index (χ3v) is 13.1. The zero-order valence-corrected chi connectivity index (χ0v) is 42.1. The summed E-state index contributed by atoms with van der Waals surface area (Å²) in [5, 5.41) is 17.5. The van der Waals surface area contributed by atoms with Crippen molar-refractivity contribution < 1.29 is 33.8 Å². The topological polar surface area (TPSA) is 171 Å². The summed E-state index contributed by atoms with van der Waals surface area (Å²) in [6.45, 7) is 6.70. The maximum absolute atomic E-state index is 14.7. The number of aromatic nitrogens is 3. The van der Waals surface area contributed by atoms with E-state index in [1.54, 1.807) is 68.4 Å². The van der Waals surface area contributed by atoms with Crippen LogP contribution >= 0.6 is 35.6 Å². The van der Waals surface area contributed by atoms with Crippen molar-refractivity contribution in [1.82, 2.24) is 39.9 Å². The summed E-state index contributed by atoms with van der Waals surface area (Å²) in [7, 11) is 6.01. The van der Waals surface area contributed by atoms with Crippen molar-refractivity contribution in [2.45, 2.75) is 89.3 Å². The second kappa shape index (κ2) is 22.9. The van der Waals surface area contributed by atoms with Crippen LogP contribution in [0.1, 0.15) is 62.5 Å². The molecule has 2 aliphatic heterocycles. The van der Waals surface area contributed by atoms with Gasteiger partial charge in [0.15, 0.2) is 0 Å². The molecule has 2 fully saturated rings. The lowest BCUT2D eigenvalue weighted by Crippen LogP contribution is -2.65. The number of carboxylic acid groups (broad SMARTS) is 1. The van der Waals surface area contributed by atoms with Gasteiger partial charge in [-0.05, 0) is 126 Å². The fraction of sp³-hybridized carbons (Fsp3) is 0.412. The molecule has 5 aromatic rings. The molecule has 2 aromatic heterocycles. The smallest absolute Gasteiger partial charge is 0.304 e. The number of nitrogens with zero attached hydrogens (tertiary/aromatic N) is 6. The predicted molar refractivity (Wildman–Crippen MR) is 267 cm³/mol. The van der Waals surface area contributed by atoms with Gasteiger partial charge in [-0.15, -0.1) is 12.4 Å². The van der Waals surface area contributed by atoms with E-state index in [0.29, 0.717) is 47.4 Å². The molecule has 2 unspecified atom stereocenters. The fourth-order valence-electron chi connectivity index (χ4n) is 9.18. The number of hydrogen-bond acceptors (Lipinski definition) is 10. The zero-order chi connectivity index (χ0) is 48.8. The second-order valence-corrected chi connectivity index (χ2v) is 19.5. The molecule has 18 heteroatoms. The maximum atomic E-state index is 14.7. The summed E-state index contributed by atoms with van der Waals surface area (Å²) in [6.07, 6.45) is 6.40. The highest BCUT2D eigenvalue weighted by molar-refractivity contribution is 6.31. The van der Waals surface area contributed by atoms with E-state index in [2.05, 4.69) is 30.1 Å². The number of piperidine rings is 1. The number of carbonyl (C=O) groups excluding carboxylic acids is 3. The van der Waals surface area contributed by atoms with Gasteiger partial charge in [-0.25, -0.2) is 4.98 Å². The highest BCUT2D eigenvalue weighted by Crippen LogP contribution is 2.34. The Morgan fingerprint density at radius 2 is 1.70 bits per heavy atom. The lowest BCUT2D eigenvalue weighted by atomic mass is 9.82. The molecular weight excluding hydrogens is 943 g/mol. The quantitative estimate of drug-likeness (QED) is 0.0792. The van der Waals surface area contributed by atoms with Gasteiger partial charge in [0, 0.05) is 60.2 Å². The molecule has 0 aliphatic carbocycles. The summed E-state index contributed by atoms with van der Waals surface area (Å²) in [6, 6.07) is 22.2. The lowest BCUT2D eigenvalue weighted by molar-refractivity contribution is -0.152. The van der Waals surface area contributed by atoms with Gasteiger partial charge in [0.25, 0.3) is 0 Å². The normalized spacial score (nSPS) is 18.6. The van der Waals surface area contributed by atoms with E-state index in [1.165, 1.54) is 4.90 Å². The van der Waals surface area contributed by atoms with E-state index in [9.17, 15) is 24.3 Å². The van der Waals surface area contributed by atoms with Gasteiger partial charge >= 0.3 is 5.97 Å². The molecule has 69 heavy (non-hydrogen) atoms. The first kappa shape index (κ1) is 52.8. The Bertz CT molecular complexity index is 2580. The average Bonchev–Trinajstić information content (AvgIpc) is 3.83. The predicted octanol–water partition coefficient (Wildman–Crippen LogP) is 7.56. The van der Waals surface area contributed by atoms with Crippen molar-refractivity contribution in [3.63, 3.8) is 0 Å². The number of likely N-dealkylation sites (tertiary alicyclic amines) is 1. The number of amides is 3. The second-order valence-electron chi connectivity index (χ2n) is 18.6. The van der Waals surface area contributed by atoms with Gasteiger partial charge in [-0.1, -0.05) is 47.5 Å². The average molecular weight is 1000 g/mol. The molecule has 2 aliphatic rings. The van der Waals surface area contributed by atoms with Crippen molar-refractivity contribution >= 4 is 59.3 Å². The standard InChI is InChI=1S/C51H60Cl2N8O7.ClH/c1-33(55-28-37-12-17-40(53)25-44(37)68-41-18-13-36(14-19-41)42-29-56-45(59(42)6)30-58(4)5)48(65)61-43(31-67-50(61,2)3)47(64)57-51(26-34-10-15-39(52)16-11-34)20-8-22-60(32-51)49(66)38(24-46(62)63)23-35-9-7-21-54-27-35;/h7,9-19,21,25,27,29,33,38,43,55H,8,20,22-24,26,28,30-32H2,1-6H3,(H,57,64)(H,62,63);1H/t33?,38?,43-,51+;/m0./s1. The first-order chi connectivity index (χ1) is 32.4. The van der Waals surface area contributed by atoms with Crippen LogP contribution < -0.4 is 15.4 Å². The third kappa shape index (κ3) is 13.2. The van der Waals surface area contributed by atoms with E-state index in [1.807, 2.05) is 75.9 Å². The summed E-state index contributed by atoms with van der Waals surface area (Å²) in [4.78, 5) is 69.5. The number of ether oxygens (including phenoxy) is 2. The number of rotatable bonds is 18. The van der Waals surface area contributed by atoms with Crippen molar-refractivity contribution in [2.24, 2.45) is 13.0 Å². The van der Waals surface area contributed by atoms with Crippen molar-refractivity contribution in [3.8, 4) is 22.8 Å². The van der Waals surface area contributed by atoms with Gasteiger partial charge in [-0.3, -0.25) is 29.1 Å². The highest BCUT2D eigenvalue weighted by atomic mass is 35.5. The Morgan fingerprint density at radius 3 is 2.38 bits per heavy atom. The van der Waals surface area contributed by atoms with Gasteiger partial charge in [-0.2, -0.15) is 0 Å². The van der Waals surface area contributed by atoms with E-state index in [4.69, 9.17) is 32.7 Å². The van der Waals surface area contributed by atoms with Crippen LogP contribution in [0.3, 0.4) is 0 Å². The molecular formula is C51H61Cl3N8O7. The van der Waals surface area contributed by atoms with Crippen LogP contribution in [-0.2, 0) is 56.9 Å². The number of pyridine rings is 1. The number of hydrogen-bond donors (Lipinski definition) is 3. The summed E-state index contributed by atoms with van der Waals surface area (Å²) >= 11 is 12.7. The zero-order valence-electron chi connectivity index (χ0n) is 39.8. The fourth-order valence-corrected chi connectivity index (χ4v) is 9.46. The van der Waals surface area contributed by atoms with Crippen LogP contribution in [0.2, 0.25) is 10.0 Å². The Labute approximate surface area is 419 Å². The molecule has 368 valence electrons. The van der Waals surface area contributed by atoms with Gasteiger partial charge in [0.2, 0.25) is 17.7 Å². The molecule has 0 saturated carbocycles. The molecule has 0 bridgehead atoms. The van der Waals surface area contributed by atoms with Gasteiger partial charge < -0.3 is 39.6 Å². The van der Waals surface area contributed by atoms with Gasteiger partial charge in [0.1, 0.15) is 29.1 Å². The number of halogens is 3. The minimum Gasteiger partial charge on any atom is -0.481 e. The number of benzene rings is 3. The number of nitrogens with one attached hydrogen (secondary N) is 2. The number of carbonyl (C=O) groups is 4. The highest BCUT2D eigenvalue weighted by Gasteiger charge is 2.50. The number of aliphatic carboxylic acids is 1. The molecule has 0 radical (unpaired) electrons. The molecule has 15 nitrogen and oxygen atoms in total. The Balaban J connectivity index is 0.00000782. The minimum atomic E-state index is -1.13. The maximum Gasteiger partial charge on any atom is 0.304 e. The molecule has 4 atom stereocenters. The van der Waals surface area contributed by atoms with Crippen LogP contribution in [0.4, 0.5) is 0 Å². The van der Waals surface area contributed by atoms with E-state index >= 15 is 0 Å². The molecule has 0 spiro atoms. The van der Waals surface area contributed by atoms with E-state index in [0.717, 1.165) is 40.3 Å². The summed E-state index contributed by atoms with van der Waals surface area (Å²) < 4.78 is 14.6. The molecule has 3 amide bonds. The van der Waals surface area contributed by atoms with Crippen molar-refractivity contribution in [3.05, 3.63) is 130 Å². The largest absolute Gasteiger partial charge is 0.481 e. The van der Waals surface area contributed by atoms with Crippen LogP contribution in [0.15, 0.2) is 97.5 Å². The van der Waals surface area contributed by atoms with Crippen LogP contribution in [0.5, 0.6) is 11.5 Å².